The second kappa shape index (κ2) is 5.25. The summed E-state index contributed by atoms with van der Waals surface area (Å²) in [6.45, 7) is 2.04. The van der Waals surface area contributed by atoms with Gasteiger partial charge in [-0.3, -0.25) is 4.79 Å². The molecule has 0 spiro atoms. The van der Waals surface area contributed by atoms with Crippen LogP contribution in [0.15, 0.2) is 28.7 Å². The number of halogens is 1. The molecule has 0 aliphatic heterocycles. The number of hydrogen-bond acceptors (Lipinski definition) is 5. The molecule has 2 atom stereocenters. The van der Waals surface area contributed by atoms with Crippen LogP contribution < -0.4 is 0 Å². The molecule has 0 unspecified atom stereocenters. The highest BCUT2D eigenvalue weighted by atomic mass is 35.5. The minimum absolute atomic E-state index is 0.0165. The van der Waals surface area contributed by atoms with Crippen molar-refractivity contribution in [2.45, 2.75) is 20.0 Å². The number of aromatic nitrogens is 2. The predicted molar refractivity (Wildman–Crippen MR) is 71.8 cm³/mol. The molecule has 20 heavy (non-hydrogen) atoms. The van der Waals surface area contributed by atoms with E-state index in [9.17, 15) is 4.79 Å². The summed E-state index contributed by atoms with van der Waals surface area (Å²) in [4.78, 5) is 11.6. The summed E-state index contributed by atoms with van der Waals surface area (Å²) in [5.41, 5.74) is 0.773. The average Bonchev–Trinajstić information content (AvgIpc) is 3.00. The molecule has 3 rings (SSSR count). The lowest BCUT2D eigenvalue weighted by Gasteiger charge is -1.99. The Morgan fingerprint density at radius 3 is 2.75 bits per heavy atom. The van der Waals surface area contributed by atoms with Crippen molar-refractivity contribution < 1.29 is 13.9 Å². The normalized spacial score (nSPS) is 20.7. The molecule has 0 amide bonds. The zero-order chi connectivity index (χ0) is 14.1. The summed E-state index contributed by atoms with van der Waals surface area (Å²) in [6, 6.07) is 7.07. The van der Waals surface area contributed by atoms with Gasteiger partial charge in [0.1, 0.15) is 0 Å². The second-order valence-electron chi connectivity index (χ2n) is 4.94. The number of rotatable bonds is 4. The Balaban J connectivity index is 1.62. The van der Waals surface area contributed by atoms with Crippen LogP contribution in [0.25, 0.3) is 11.5 Å². The van der Waals surface area contributed by atoms with Crippen LogP contribution in [0.2, 0.25) is 5.02 Å². The molecule has 1 fully saturated rings. The van der Waals surface area contributed by atoms with E-state index < -0.39 is 0 Å². The predicted octanol–water partition coefficient (Wildman–Crippen LogP) is 3.09. The SMILES string of the molecule is C[C@@H]1C[C@@H]1C(=O)OCc1nnc(-c2ccc(Cl)cc2)o1. The van der Waals surface area contributed by atoms with Gasteiger partial charge >= 0.3 is 5.97 Å². The van der Waals surface area contributed by atoms with Crippen LogP contribution in [0.1, 0.15) is 19.2 Å². The minimum atomic E-state index is -0.191. The van der Waals surface area contributed by atoms with E-state index >= 15 is 0 Å². The van der Waals surface area contributed by atoms with E-state index in [1.54, 1.807) is 24.3 Å². The van der Waals surface area contributed by atoms with Gasteiger partial charge in [-0.1, -0.05) is 18.5 Å². The van der Waals surface area contributed by atoms with E-state index in [0.29, 0.717) is 16.8 Å². The number of esters is 1. The topological polar surface area (TPSA) is 65.2 Å². The largest absolute Gasteiger partial charge is 0.455 e. The molecule has 104 valence electrons. The zero-order valence-corrected chi connectivity index (χ0v) is 11.6. The van der Waals surface area contributed by atoms with E-state index in [0.717, 1.165) is 12.0 Å². The molecule has 1 aliphatic rings. The third-order valence-electron chi connectivity index (χ3n) is 3.31. The first-order valence-corrected chi connectivity index (χ1v) is 6.76. The highest BCUT2D eigenvalue weighted by Gasteiger charge is 2.40. The van der Waals surface area contributed by atoms with Crippen LogP contribution in [-0.2, 0) is 16.1 Å². The van der Waals surface area contributed by atoms with Gasteiger partial charge in [-0.2, -0.15) is 0 Å². The molecular weight excluding hydrogens is 280 g/mol. The summed E-state index contributed by atoms with van der Waals surface area (Å²) in [7, 11) is 0. The number of carbonyl (C=O) groups excluding carboxylic acids is 1. The van der Waals surface area contributed by atoms with Gasteiger partial charge in [-0.25, -0.2) is 0 Å². The maximum atomic E-state index is 11.6. The van der Waals surface area contributed by atoms with Gasteiger partial charge in [-0.05, 0) is 36.6 Å². The summed E-state index contributed by atoms with van der Waals surface area (Å²) >= 11 is 5.81. The van der Waals surface area contributed by atoms with Gasteiger partial charge in [-0.15, -0.1) is 10.2 Å². The van der Waals surface area contributed by atoms with Crippen LogP contribution in [-0.4, -0.2) is 16.2 Å². The fourth-order valence-electron chi connectivity index (χ4n) is 1.91. The van der Waals surface area contributed by atoms with Crippen molar-refractivity contribution in [3.05, 3.63) is 35.2 Å². The first kappa shape index (κ1) is 13.1. The van der Waals surface area contributed by atoms with Gasteiger partial charge in [0.25, 0.3) is 5.89 Å². The molecule has 1 saturated carbocycles. The van der Waals surface area contributed by atoms with Gasteiger partial charge in [0.2, 0.25) is 5.89 Å². The summed E-state index contributed by atoms with van der Waals surface area (Å²) in [5.74, 6) is 0.941. The first-order valence-electron chi connectivity index (χ1n) is 6.38. The summed E-state index contributed by atoms with van der Waals surface area (Å²) in [6.07, 6.45) is 0.901. The van der Waals surface area contributed by atoms with E-state index in [4.69, 9.17) is 20.8 Å². The number of nitrogens with zero attached hydrogens (tertiary/aromatic N) is 2. The van der Waals surface area contributed by atoms with E-state index in [2.05, 4.69) is 10.2 Å². The Hall–Kier alpha value is -1.88. The summed E-state index contributed by atoms with van der Waals surface area (Å²) < 4.78 is 10.6. The number of carbonyl (C=O) groups is 1. The molecule has 1 aliphatic carbocycles. The van der Waals surface area contributed by atoms with Crippen LogP contribution in [0, 0.1) is 11.8 Å². The van der Waals surface area contributed by atoms with Gasteiger partial charge in [0.15, 0.2) is 6.61 Å². The fourth-order valence-corrected chi connectivity index (χ4v) is 2.04. The molecule has 0 N–H and O–H groups in total. The molecule has 6 heteroatoms. The molecule has 1 aromatic heterocycles. The maximum absolute atomic E-state index is 11.6. The molecule has 0 radical (unpaired) electrons. The fraction of sp³-hybridized carbons (Fsp3) is 0.357. The van der Waals surface area contributed by atoms with Crippen LogP contribution in [0.5, 0.6) is 0 Å². The number of ether oxygens (including phenoxy) is 1. The van der Waals surface area contributed by atoms with Crippen molar-refractivity contribution in [3.63, 3.8) is 0 Å². The Bertz CT molecular complexity index is 624. The van der Waals surface area contributed by atoms with Crippen molar-refractivity contribution in [2.24, 2.45) is 11.8 Å². The number of hydrogen-bond donors (Lipinski definition) is 0. The maximum Gasteiger partial charge on any atom is 0.309 e. The lowest BCUT2D eigenvalue weighted by molar-refractivity contribution is -0.147. The van der Waals surface area contributed by atoms with Crippen molar-refractivity contribution in [2.75, 3.05) is 0 Å². The van der Waals surface area contributed by atoms with Crippen LogP contribution in [0.4, 0.5) is 0 Å². The second-order valence-corrected chi connectivity index (χ2v) is 5.37. The molecule has 0 saturated heterocycles. The third-order valence-corrected chi connectivity index (χ3v) is 3.56. The zero-order valence-electron chi connectivity index (χ0n) is 10.9. The quantitative estimate of drug-likeness (QED) is 0.810. The Morgan fingerprint density at radius 2 is 2.10 bits per heavy atom. The molecule has 1 aromatic carbocycles. The monoisotopic (exact) mass is 292 g/mol. The van der Waals surface area contributed by atoms with E-state index in [1.807, 2.05) is 6.92 Å². The lowest BCUT2D eigenvalue weighted by Crippen LogP contribution is -2.07. The van der Waals surface area contributed by atoms with E-state index in [1.165, 1.54) is 0 Å². The molecule has 5 nitrogen and oxygen atoms in total. The van der Waals surface area contributed by atoms with E-state index in [-0.39, 0.29) is 24.4 Å². The Morgan fingerprint density at radius 1 is 1.40 bits per heavy atom. The third kappa shape index (κ3) is 2.82. The molecule has 1 heterocycles. The minimum Gasteiger partial charge on any atom is -0.455 e. The molecule has 0 bridgehead atoms. The summed E-state index contributed by atoms with van der Waals surface area (Å²) in [5, 5.41) is 8.42. The van der Waals surface area contributed by atoms with Crippen LogP contribution >= 0.6 is 11.6 Å². The molecular formula is C14H13ClN2O3. The first-order chi connectivity index (χ1) is 9.63. The van der Waals surface area contributed by atoms with Crippen molar-refractivity contribution in [1.29, 1.82) is 0 Å². The van der Waals surface area contributed by atoms with Gasteiger partial charge in [0, 0.05) is 10.6 Å². The van der Waals surface area contributed by atoms with Crippen molar-refractivity contribution in [3.8, 4) is 11.5 Å². The Labute approximate surface area is 120 Å². The standard InChI is InChI=1S/C14H13ClN2O3/c1-8-6-11(8)14(18)19-7-12-16-17-13(20-12)9-2-4-10(15)5-3-9/h2-5,8,11H,6-7H2,1H3/t8-,11+/m1/s1. The smallest absolute Gasteiger partial charge is 0.309 e. The van der Waals surface area contributed by atoms with Gasteiger partial charge in [0.05, 0.1) is 5.92 Å². The van der Waals surface area contributed by atoms with Crippen molar-refractivity contribution >= 4 is 17.6 Å². The average molecular weight is 293 g/mol. The Kier molecular flexibility index (Phi) is 3.44. The van der Waals surface area contributed by atoms with Crippen LogP contribution in [0.3, 0.4) is 0 Å². The highest BCUT2D eigenvalue weighted by molar-refractivity contribution is 6.30. The molecule has 2 aromatic rings. The number of benzene rings is 1. The van der Waals surface area contributed by atoms with Crippen molar-refractivity contribution in [1.82, 2.24) is 10.2 Å². The lowest BCUT2D eigenvalue weighted by atomic mass is 10.2. The van der Waals surface area contributed by atoms with Gasteiger partial charge < -0.3 is 9.15 Å². The highest BCUT2D eigenvalue weighted by Crippen LogP contribution is 2.38.